The van der Waals surface area contributed by atoms with Crippen LogP contribution in [0.15, 0.2) is 59.9 Å². The molecule has 2 aromatic rings. The van der Waals surface area contributed by atoms with Gasteiger partial charge in [0.15, 0.2) is 0 Å². The number of benzene rings is 2. The molecule has 0 amide bonds. The summed E-state index contributed by atoms with van der Waals surface area (Å²) in [5.41, 5.74) is -1.18. The van der Waals surface area contributed by atoms with Crippen LogP contribution in [0, 0.1) is 11.2 Å². The lowest BCUT2D eigenvalue weighted by molar-refractivity contribution is -0.158. The number of thiocarbonyl (C=S) groups is 1. The van der Waals surface area contributed by atoms with Crippen molar-refractivity contribution >= 4 is 28.9 Å². The molecular weight excluding hydrogens is 458 g/mol. The van der Waals surface area contributed by atoms with Crippen LogP contribution in [0.1, 0.15) is 49.3 Å². The Hall–Kier alpha value is -2.94. The fraction of sp³-hybridized carbons (Fsp3) is 0.333. The first-order valence-corrected chi connectivity index (χ1v) is 10.9. The second-order valence-electron chi connectivity index (χ2n) is 8.31. The first-order chi connectivity index (χ1) is 15.6. The number of aliphatic hydroxyl groups excluding tert-OH is 1. The molecule has 0 saturated heterocycles. The Morgan fingerprint density at radius 3 is 2.21 bits per heavy atom. The molecule has 4 nitrogen and oxygen atoms in total. The normalized spacial score (nSPS) is 20.5. The third-order valence-corrected chi connectivity index (χ3v) is 6.56. The van der Waals surface area contributed by atoms with E-state index < -0.39 is 35.0 Å². The van der Waals surface area contributed by atoms with Crippen molar-refractivity contribution in [1.82, 2.24) is 0 Å². The Kier molecular flexibility index (Phi) is 6.18. The molecule has 2 aromatic carbocycles. The van der Waals surface area contributed by atoms with Gasteiger partial charge < -0.3 is 15.2 Å². The molecule has 1 aliphatic heterocycles. The van der Waals surface area contributed by atoms with Crippen LogP contribution in [0.25, 0.3) is 0 Å². The van der Waals surface area contributed by atoms with E-state index in [1.807, 2.05) is 0 Å². The zero-order valence-corrected chi connectivity index (χ0v) is 18.2. The molecule has 174 valence electrons. The molecule has 4 rings (SSSR count). The Labute approximate surface area is 193 Å². The van der Waals surface area contributed by atoms with Crippen LogP contribution < -0.4 is 5.32 Å². The molecule has 2 aliphatic rings. The molecule has 33 heavy (non-hydrogen) atoms. The van der Waals surface area contributed by atoms with Gasteiger partial charge in [-0.1, -0.05) is 43.6 Å². The number of nitrogens with one attached hydrogen (secondary N) is 1. The van der Waals surface area contributed by atoms with Gasteiger partial charge in [-0.25, -0.2) is 9.18 Å². The van der Waals surface area contributed by atoms with E-state index in [2.05, 4.69) is 5.32 Å². The zero-order chi connectivity index (χ0) is 23.8. The maximum absolute atomic E-state index is 13.2. The third-order valence-electron chi connectivity index (χ3n) is 6.26. The molecule has 2 N–H and O–H groups in total. The van der Waals surface area contributed by atoms with Gasteiger partial charge in [0, 0.05) is 5.69 Å². The van der Waals surface area contributed by atoms with Crippen molar-refractivity contribution in [2.75, 3.05) is 5.32 Å². The number of carbonyl (C=O) groups excluding carboxylic acids is 1. The maximum Gasteiger partial charge on any atom is 0.416 e. The van der Waals surface area contributed by atoms with Crippen molar-refractivity contribution in [1.29, 1.82) is 0 Å². The van der Waals surface area contributed by atoms with Crippen LogP contribution in [0.3, 0.4) is 0 Å². The summed E-state index contributed by atoms with van der Waals surface area (Å²) in [6.45, 7) is 0. The summed E-state index contributed by atoms with van der Waals surface area (Å²) in [5, 5.41) is 14.2. The average Bonchev–Trinajstić information content (AvgIpc) is 2.78. The fourth-order valence-corrected chi connectivity index (χ4v) is 4.89. The maximum atomic E-state index is 13.2. The number of hydrogen-bond acceptors (Lipinski definition) is 4. The Morgan fingerprint density at radius 1 is 1.03 bits per heavy atom. The quantitative estimate of drug-likeness (QED) is 0.293. The lowest BCUT2D eigenvalue weighted by Crippen LogP contribution is -2.43. The Bertz CT molecular complexity index is 1090. The van der Waals surface area contributed by atoms with Crippen LogP contribution in [-0.4, -0.2) is 16.1 Å². The minimum absolute atomic E-state index is 0.0695. The molecule has 1 atom stereocenters. The van der Waals surface area contributed by atoms with Crippen LogP contribution in [0.5, 0.6) is 0 Å². The van der Waals surface area contributed by atoms with Gasteiger partial charge in [0.1, 0.15) is 28.2 Å². The highest BCUT2D eigenvalue weighted by Gasteiger charge is 2.52. The van der Waals surface area contributed by atoms with Crippen molar-refractivity contribution in [3.05, 3.63) is 76.8 Å². The number of rotatable bonds is 3. The number of carbonyl (C=O) groups is 1. The van der Waals surface area contributed by atoms with E-state index in [9.17, 15) is 27.5 Å². The SMILES string of the molecule is O=C1OC(c2ccc(C(F)(F)F)cc2)C2(CCCCC2)C(O)=C1C(=S)Nc1ccc(F)cc1. The predicted octanol–water partition coefficient (Wildman–Crippen LogP) is 6.64. The van der Waals surface area contributed by atoms with Gasteiger partial charge >= 0.3 is 12.1 Å². The molecule has 0 bridgehead atoms. The van der Waals surface area contributed by atoms with Crippen molar-refractivity contribution in [2.24, 2.45) is 5.41 Å². The van der Waals surface area contributed by atoms with E-state index in [4.69, 9.17) is 17.0 Å². The topological polar surface area (TPSA) is 58.6 Å². The number of esters is 1. The number of ether oxygens (including phenoxy) is 1. The number of anilines is 1. The van der Waals surface area contributed by atoms with E-state index in [0.29, 0.717) is 24.1 Å². The van der Waals surface area contributed by atoms with Crippen LogP contribution >= 0.6 is 12.2 Å². The third kappa shape index (κ3) is 4.46. The molecule has 1 spiro atoms. The largest absolute Gasteiger partial charge is 0.511 e. The Morgan fingerprint density at radius 2 is 1.64 bits per heavy atom. The summed E-state index contributed by atoms with van der Waals surface area (Å²) < 4.78 is 57.9. The van der Waals surface area contributed by atoms with Gasteiger partial charge in [-0.05, 0) is 54.8 Å². The average molecular weight is 479 g/mol. The second-order valence-corrected chi connectivity index (χ2v) is 8.71. The lowest BCUT2D eigenvalue weighted by Gasteiger charge is -2.45. The van der Waals surface area contributed by atoms with Crippen molar-refractivity contribution in [3.63, 3.8) is 0 Å². The molecular formula is C24H21F4NO3S. The highest BCUT2D eigenvalue weighted by atomic mass is 32.1. The van der Waals surface area contributed by atoms with Gasteiger partial charge in [-0.2, -0.15) is 13.2 Å². The fourth-order valence-electron chi connectivity index (χ4n) is 4.59. The van der Waals surface area contributed by atoms with Crippen molar-refractivity contribution in [2.45, 2.75) is 44.4 Å². The van der Waals surface area contributed by atoms with E-state index >= 15 is 0 Å². The molecule has 1 fully saturated rings. The van der Waals surface area contributed by atoms with Crippen LogP contribution in [0.2, 0.25) is 0 Å². The lowest BCUT2D eigenvalue weighted by atomic mass is 9.65. The van der Waals surface area contributed by atoms with E-state index in [1.54, 1.807) is 0 Å². The predicted molar refractivity (Wildman–Crippen MR) is 118 cm³/mol. The standard InChI is InChI=1S/C24H21F4NO3S/c25-16-8-10-17(11-9-16)29-21(33)18-19(30)23(12-2-1-3-13-23)20(32-22(18)31)14-4-6-15(7-5-14)24(26,27)28/h4-11,20,30H,1-3,12-13H2,(H,29,33). The molecule has 0 radical (unpaired) electrons. The summed E-state index contributed by atoms with van der Waals surface area (Å²) in [4.78, 5) is 12.8. The van der Waals surface area contributed by atoms with Crippen LogP contribution in [-0.2, 0) is 15.7 Å². The summed E-state index contributed by atoms with van der Waals surface area (Å²) >= 11 is 5.36. The van der Waals surface area contributed by atoms with Gasteiger partial charge in [-0.15, -0.1) is 0 Å². The summed E-state index contributed by atoms with van der Waals surface area (Å²) in [6, 6.07) is 9.77. The van der Waals surface area contributed by atoms with Gasteiger partial charge in [0.25, 0.3) is 0 Å². The second kappa shape index (κ2) is 8.78. The van der Waals surface area contributed by atoms with Gasteiger partial charge in [-0.3, -0.25) is 0 Å². The van der Waals surface area contributed by atoms with Crippen LogP contribution in [0.4, 0.5) is 23.2 Å². The van der Waals surface area contributed by atoms with Gasteiger partial charge in [0.05, 0.1) is 11.0 Å². The molecule has 1 saturated carbocycles. The van der Waals surface area contributed by atoms with Gasteiger partial charge in [0.2, 0.25) is 0 Å². The summed E-state index contributed by atoms with van der Waals surface area (Å²) in [7, 11) is 0. The minimum Gasteiger partial charge on any atom is -0.511 e. The van der Waals surface area contributed by atoms with Crippen molar-refractivity contribution < 1.29 is 32.2 Å². The van der Waals surface area contributed by atoms with E-state index in [0.717, 1.165) is 31.4 Å². The van der Waals surface area contributed by atoms with E-state index in [1.165, 1.54) is 36.4 Å². The number of hydrogen-bond donors (Lipinski definition) is 2. The first kappa shape index (κ1) is 23.2. The van der Waals surface area contributed by atoms with Crippen molar-refractivity contribution in [3.8, 4) is 0 Å². The monoisotopic (exact) mass is 479 g/mol. The molecule has 0 aromatic heterocycles. The number of alkyl halides is 3. The van der Waals surface area contributed by atoms with E-state index in [-0.39, 0.29) is 16.3 Å². The minimum atomic E-state index is -4.49. The number of halogens is 4. The highest BCUT2D eigenvalue weighted by Crippen LogP contribution is 2.55. The summed E-state index contributed by atoms with van der Waals surface area (Å²) in [5.74, 6) is -1.53. The molecule has 1 heterocycles. The molecule has 9 heteroatoms. The Balaban J connectivity index is 1.71. The first-order valence-electron chi connectivity index (χ1n) is 10.5. The number of aliphatic hydroxyl groups is 1. The molecule has 1 aliphatic carbocycles. The molecule has 1 unspecified atom stereocenters. The zero-order valence-electron chi connectivity index (χ0n) is 17.4. The highest BCUT2D eigenvalue weighted by molar-refractivity contribution is 7.81. The smallest absolute Gasteiger partial charge is 0.416 e. The summed E-state index contributed by atoms with van der Waals surface area (Å²) in [6.07, 6.45) is -2.02. The number of cyclic esters (lactones) is 1.